The van der Waals surface area contributed by atoms with Gasteiger partial charge < -0.3 is 14.8 Å². The van der Waals surface area contributed by atoms with Gasteiger partial charge in [-0.3, -0.25) is 4.79 Å². The second-order valence-electron chi connectivity index (χ2n) is 4.69. The Balaban J connectivity index is 1.79. The number of hydrogen-bond acceptors (Lipinski definition) is 3. The van der Waals surface area contributed by atoms with Crippen LogP contribution >= 0.6 is 11.6 Å². The summed E-state index contributed by atoms with van der Waals surface area (Å²) in [6, 6.07) is 5.23. The summed E-state index contributed by atoms with van der Waals surface area (Å²) in [7, 11) is 0. The lowest BCUT2D eigenvalue weighted by atomic mass is 10.2. The second-order valence-corrected chi connectivity index (χ2v) is 5.13. The van der Waals surface area contributed by atoms with Crippen molar-refractivity contribution in [2.45, 2.75) is 38.1 Å². The van der Waals surface area contributed by atoms with Gasteiger partial charge in [-0.25, -0.2) is 0 Å². The van der Waals surface area contributed by atoms with Gasteiger partial charge in [0.15, 0.2) is 0 Å². The van der Waals surface area contributed by atoms with E-state index in [9.17, 15) is 4.79 Å². The Morgan fingerprint density at radius 1 is 1.50 bits per heavy atom. The molecule has 1 amide bonds. The fourth-order valence-electron chi connectivity index (χ4n) is 2.39. The van der Waals surface area contributed by atoms with Gasteiger partial charge in [0.1, 0.15) is 18.0 Å². The van der Waals surface area contributed by atoms with Crippen molar-refractivity contribution in [2.75, 3.05) is 5.32 Å². The third-order valence-corrected chi connectivity index (χ3v) is 3.49. The predicted octanol–water partition coefficient (Wildman–Crippen LogP) is 2.61. The molecule has 3 rings (SSSR count). The van der Waals surface area contributed by atoms with Gasteiger partial charge in [-0.2, -0.15) is 0 Å². The maximum absolute atomic E-state index is 11.2. The number of fused-ring (bicyclic) bond motifs is 1. The molecule has 2 fully saturated rings. The lowest BCUT2D eigenvalue weighted by molar-refractivity contribution is -0.114. The first-order chi connectivity index (χ1) is 8.63. The van der Waals surface area contributed by atoms with E-state index in [-0.39, 0.29) is 18.1 Å². The largest absolute Gasteiger partial charge is 0.485 e. The molecule has 4 nitrogen and oxygen atoms in total. The van der Waals surface area contributed by atoms with Crippen LogP contribution in [0.3, 0.4) is 0 Å². The van der Waals surface area contributed by atoms with Crippen molar-refractivity contribution in [2.24, 2.45) is 0 Å². The normalized spacial score (nSPS) is 28.7. The van der Waals surface area contributed by atoms with Crippen LogP contribution in [0, 0.1) is 0 Å². The van der Waals surface area contributed by atoms with Crippen LogP contribution in [0.1, 0.15) is 19.8 Å². The van der Waals surface area contributed by atoms with Crippen LogP contribution in [0.15, 0.2) is 18.2 Å². The molecule has 0 radical (unpaired) electrons. The molecule has 1 saturated carbocycles. The minimum Gasteiger partial charge on any atom is -0.485 e. The van der Waals surface area contributed by atoms with Crippen LogP contribution in [0.5, 0.6) is 5.75 Å². The zero-order valence-corrected chi connectivity index (χ0v) is 10.7. The van der Waals surface area contributed by atoms with E-state index in [4.69, 9.17) is 21.1 Å². The highest BCUT2D eigenvalue weighted by atomic mass is 35.5. The summed E-state index contributed by atoms with van der Waals surface area (Å²) in [5.41, 5.74) is 0.610. The average Bonchev–Trinajstić information content (AvgIpc) is 2.98. The van der Waals surface area contributed by atoms with E-state index in [1.165, 1.54) is 6.92 Å². The zero-order valence-electron chi connectivity index (χ0n) is 9.98. The van der Waals surface area contributed by atoms with Crippen LogP contribution in [-0.2, 0) is 9.53 Å². The molecule has 18 heavy (non-hydrogen) atoms. The van der Waals surface area contributed by atoms with E-state index < -0.39 is 0 Å². The Morgan fingerprint density at radius 3 is 2.94 bits per heavy atom. The van der Waals surface area contributed by atoms with Crippen molar-refractivity contribution in [1.29, 1.82) is 0 Å². The number of carbonyl (C=O) groups excluding carboxylic acids is 1. The molecular formula is C13H14ClNO3. The fraction of sp³-hybridized carbons (Fsp3) is 0.462. The molecule has 0 bridgehead atoms. The van der Waals surface area contributed by atoms with Gasteiger partial charge >= 0.3 is 0 Å². The van der Waals surface area contributed by atoms with Crippen molar-refractivity contribution in [3.8, 4) is 5.75 Å². The molecule has 1 aliphatic heterocycles. The van der Waals surface area contributed by atoms with Gasteiger partial charge in [0.2, 0.25) is 5.91 Å². The van der Waals surface area contributed by atoms with Gasteiger partial charge in [0.25, 0.3) is 0 Å². The van der Waals surface area contributed by atoms with E-state index in [0.717, 1.165) is 12.8 Å². The number of ether oxygens (including phenoxy) is 2. The zero-order chi connectivity index (χ0) is 12.7. The summed E-state index contributed by atoms with van der Waals surface area (Å²) in [6.45, 7) is 1.46. The third kappa shape index (κ3) is 2.31. The average molecular weight is 268 g/mol. The Hall–Kier alpha value is -1.26. The standard InChI is InChI=1S/C13H14ClNO3/c1-7(16)15-9-6-8(14)2-3-10(9)17-11-4-5-12-13(11)18-12/h2-3,6,11-13H,4-5H2,1H3,(H,15,16)/t11-,12+,13-/m0/s1. The highest BCUT2D eigenvalue weighted by Crippen LogP contribution is 2.41. The van der Waals surface area contributed by atoms with Gasteiger partial charge in [0, 0.05) is 11.9 Å². The summed E-state index contributed by atoms with van der Waals surface area (Å²) >= 11 is 5.92. The molecule has 1 heterocycles. The maximum atomic E-state index is 11.2. The Morgan fingerprint density at radius 2 is 2.33 bits per heavy atom. The van der Waals surface area contributed by atoms with Crippen molar-refractivity contribution in [1.82, 2.24) is 0 Å². The molecule has 0 aromatic heterocycles. The molecule has 3 atom stereocenters. The number of halogens is 1. The SMILES string of the molecule is CC(=O)Nc1cc(Cl)ccc1O[C@H]1CC[C@H]2O[C@@H]12. The first kappa shape index (κ1) is 11.8. The predicted molar refractivity (Wildman–Crippen MR) is 68.1 cm³/mol. The van der Waals surface area contributed by atoms with Crippen LogP contribution < -0.4 is 10.1 Å². The van der Waals surface area contributed by atoms with Crippen LogP contribution in [0.4, 0.5) is 5.69 Å². The molecule has 96 valence electrons. The number of anilines is 1. The van der Waals surface area contributed by atoms with Gasteiger partial charge in [0.05, 0.1) is 11.8 Å². The monoisotopic (exact) mass is 267 g/mol. The molecule has 5 heteroatoms. The first-order valence-electron chi connectivity index (χ1n) is 6.03. The maximum Gasteiger partial charge on any atom is 0.221 e. The van der Waals surface area contributed by atoms with Crippen LogP contribution in [-0.4, -0.2) is 24.2 Å². The highest BCUT2D eigenvalue weighted by Gasteiger charge is 2.51. The lowest BCUT2D eigenvalue weighted by Gasteiger charge is -2.17. The van der Waals surface area contributed by atoms with Gasteiger partial charge in [-0.15, -0.1) is 0 Å². The quantitative estimate of drug-likeness (QED) is 0.857. The van der Waals surface area contributed by atoms with Crippen molar-refractivity contribution < 1.29 is 14.3 Å². The summed E-state index contributed by atoms with van der Waals surface area (Å²) in [4.78, 5) is 11.2. The summed E-state index contributed by atoms with van der Waals surface area (Å²) in [5, 5.41) is 3.30. The minimum atomic E-state index is -0.144. The van der Waals surface area contributed by atoms with Crippen molar-refractivity contribution in [3.63, 3.8) is 0 Å². The topological polar surface area (TPSA) is 50.9 Å². The highest BCUT2D eigenvalue weighted by molar-refractivity contribution is 6.31. The number of benzene rings is 1. The molecule has 2 aliphatic rings. The number of nitrogens with one attached hydrogen (secondary N) is 1. The first-order valence-corrected chi connectivity index (χ1v) is 6.40. The molecule has 0 unspecified atom stereocenters. The number of rotatable bonds is 3. The lowest BCUT2D eigenvalue weighted by Crippen LogP contribution is -2.20. The second kappa shape index (κ2) is 4.44. The van der Waals surface area contributed by atoms with E-state index in [2.05, 4.69) is 5.32 Å². The summed E-state index contributed by atoms with van der Waals surface area (Å²) in [5.74, 6) is 0.504. The van der Waals surface area contributed by atoms with Gasteiger partial charge in [-0.05, 0) is 31.0 Å². The van der Waals surface area contributed by atoms with Crippen molar-refractivity contribution in [3.05, 3.63) is 23.2 Å². The number of hydrogen-bond donors (Lipinski definition) is 1. The van der Waals surface area contributed by atoms with Crippen LogP contribution in [0.2, 0.25) is 5.02 Å². The van der Waals surface area contributed by atoms with E-state index >= 15 is 0 Å². The molecule has 1 aromatic carbocycles. The minimum absolute atomic E-state index is 0.0867. The van der Waals surface area contributed by atoms with Crippen molar-refractivity contribution >= 4 is 23.2 Å². The third-order valence-electron chi connectivity index (χ3n) is 3.25. The Labute approximate surface area is 110 Å². The van der Waals surface area contributed by atoms with E-state index in [1.54, 1.807) is 18.2 Å². The Bertz CT molecular complexity index is 491. The Kier molecular flexibility index (Phi) is 2.92. The molecule has 0 spiro atoms. The van der Waals surface area contributed by atoms with Gasteiger partial charge in [-0.1, -0.05) is 11.6 Å². The van der Waals surface area contributed by atoms with Crippen LogP contribution in [0.25, 0.3) is 0 Å². The number of epoxide rings is 1. The summed E-state index contributed by atoms with van der Waals surface area (Å²) < 4.78 is 11.4. The van der Waals surface area contributed by atoms with E-state index in [1.807, 2.05) is 0 Å². The molecular weight excluding hydrogens is 254 g/mol. The molecule has 1 N–H and O–H groups in total. The number of carbonyl (C=O) groups is 1. The molecule has 1 aliphatic carbocycles. The molecule has 1 aromatic rings. The smallest absolute Gasteiger partial charge is 0.221 e. The van der Waals surface area contributed by atoms with E-state index in [0.29, 0.717) is 22.6 Å². The molecule has 1 saturated heterocycles. The summed E-state index contributed by atoms with van der Waals surface area (Å²) in [6.07, 6.45) is 2.75. The fourth-order valence-corrected chi connectivity index (χ4v) is 2.56. The number of amides is 1.